The quantitative estimate of drug-likeness (QED) is 0.422. The number of amides is 2. The maximum atomic E-state index is 13.1. The number of piperidine rings is 1. The Balaban J connectivity index is 1.25. The van der Waals surface area contributed by atoms with Crippen LogP contribution in [0.3, 0.4) is 0 Å². The number of rotatable bonds is 7. The Kier molecular flexibility index (Phi) is 8.11. The summed E-state index contributed by atoms with van der Waals surface area (Å²) in [5, 5.41) is 16.8. The van der Waals surface area contributed by atoms with E-state index in [2.05, 4.69) is 15.5 Å². The van der Waals surface area contributed by atoms with Crippen LogP contribution in [0.5, 0.6) is 0 Å². The lowest BCUT2D eigenvalue weighted by molar-refractivity contribution is -0.384. The number of hydrogen-bond donors (Lipinski definition) is 2. The van der Waals surface area contributed by atoms with E-state index in [1.807, 2.05) is 12.1 Å². The molecule has 2 amide bonds. The third kappa shape index (κ3) is 6.76. The van der Waals surface area contributed by atoms with Crippen LogP contribution in [0.4, 0.5) is 20.6 Å². The van der Waals surface area contributed by atoms with Crippen LogP contribution < -0.4 is 10.6 Å². The first-order valence-corrected chi connectivity index (χ1v) is 12.2. The summed E-state index contributed by atoms with van der Waals surface area (Å²) in [5.74, 6) is 0.842. The van der Waals surface area contributed by atoms with Crippen molar-refractivity contribution in [1.29, 1.82) is 0 Å². The fraction of sp³-hybridized carbons (Fsp3) is 0.500. The average molecular weight is 469 g/mol. The number of nitrogens with one attached hydrogen (secondary N) is 2. The molecule has 182 valence electrons. The average Bonchev–Trinajstić information content (AvgIpc) is 2.83. The highest BCUT2D eigenvalue weighted by molar-refractivity contribution is 5.89. The van der Waals surface area contributed by atoms with Gasteiger partial charge in [-0.1, -0.05) is 31.0 Å². The monoisotopic (exact) mass is 468 g/mol. The number of likely N-dealkylation sites (tertiary alicyclic amines) is 1. The number of halogens is 1. The summed E-state index contributed by atoms with van der Waals surface area (Å²) in [4.78, 5) is 25.6. The van der Waals surface area contributed by atoms with Gasteiger partial charge in [-0.15, -0.1) is 0 Å². The third-order valence-corrected chi connectivity index (χ3v) is 7.18. The van der Waals surface area contributed by atoms with Crippen molar-refractivity contribution in [3.63, 3.8) is 0 Å². The summed E-state index contributed by atoms with van der Waals surface area (Å²) in [6.07, 6.45) is 7.59. The summed E-state index contributed by atoms with van der Waals surface area (Å²) in [6.45, 7) is 3.08. The van der Waals surface area contributed by atoms with Crippen molar-refractivity contribution in [3.05, 3.63) is 70.0 Å². The molecule has 1 aliphatic carbocycles. The minimum Gasteiger partial charge on any atom is -0.335 e. The normalized spacial score (nSPS) is 21.7. The van der Waals surface area contributed by atoms with Crippen LogP contribution in [0.25, 0.3) is 0 Å². The first kappa shape index (κ1) is 24.1. The Morgan fingerprint density at radius 2 is 1.79 bits per heavy atom. The van der Waals surface area contributed by atoms with Crippen molar-refractivity contribution in [3.8, 4) is 0 Å². The number of non-ortho nitro benzene ring substituents is 1. The van der Waals surface area contributed by atoms with Gasteiger partial charge in [-0.05, 0) is 80.8 Å². The Hall–Kier alpha value is -3.00. The Morgan fingerprint density at radius 3 is 2.53 bits per heavy atom. The predicted octanol–water partition coefficient (Wildman–Crippen LogP) is 5.37. The van der Waals surface area contributed by atoms with Crippen molar-refractivity contribution in [2.24, 2.45) is 11.8 Å². The number of nitro benzene ring substituents is 1. The van der Waals surface area contributed by atoms with E-state index >= 15 is 0 Å². The highest BCUT2D eigenvalue weighted by Crippen LogP contribution is 2.28. The van der Waals surface area contributed by atoms with Gasteiger partial charge < -0.3 is 15.5 Å². The van der Waals surface area contributed by atoms with E-state index in [1.165, 1.54) is 36.2 Å². The Morgan fingerprint density at radius 1 is 1.06 bits per heavy atom. The molecular formula is C26H33FN4O3. The predicted molar refractivity (Wildman–Crippen MR) is 130 cm³/mol. The lowest BCUT2D eigenvalue weighted by atomic mass is 9.83. The van der Waals surface area contributed by atoms with E-state index in [4.69, 9.17) is 0 Å². The van der Waals surface area contributed by atoms with Gasteiger partial charge in [0.2, 0.25) is 0 Å². The number of anilines is 1. The first-order chi connectivity index (χ1) is 16.5. The van der Waals surface area contributed by atoms with Gasteiger partial charge in [-0.3, -0.25) is 10.1 Å². The van der Waals surface area contributed by atoms with Crippen LogP contribution in [-0.2, 0) is 6.42 Å². The smallest absolute Gasteiger partial charge is 0.319 e. The number of benzene rings is 2. The van der Waals surface area contributed by atoms with Gasteiger partial charge in [0.1, 0.15) is 5.82 Å². The van der Waals surface area contributed by atoms with Gasteiger partial charge in [-0.25, -0.2) is 9.18 Å². The molecule has 0 radical (unpaired) electrons. The van der Waals surface area contributed by atoms with E-state index in [9.17, 15) is 19.3 Å². The maximum absolute atomic E-state index is 13.1. The van der Waals surface area contributed by atoms with E-state index < -0.39 is 4.92 Å². The van der Waals surface area contributed by atoms with Crippen molar-refractivity contribution >= 4 is 17.4 Å². The molecule has 1 aliphatic heterocycles. The van der Waals surface area contributed by atoms with E-state index in [0.29, 0.717) is 17.5 Å². The second-order valence-corrected chi connectivity index (χ2v) is 9.63. The zero-order valence-electron chi connectivity index (χ0n) is 19.4. The minimum atomic E-state index is -0.469. The lowest BCUT2D eigenvalue weighted by Crippen LogP contribution is -2.48. The summed E-state index contributed by atoms with van der Waals surface area (Å²) < 4.78 is 13.1. The molecule has 4 rings (SSSR count). The van der Waals surface area contributed by atoms with Crippen LogP contribution in [0, 0.1) is 27.8 Å². The molecule has 2 atom stereocenters. The van der Waals surface area contributed by atoms with Gasteiger partial charge >= 0.3 is 6.03 Å². The molecule has 1 saturated heterocycles. The molecule has 2 aromatic rings. The van der Waals surface area contributed by atoms with E-state index in [1.54, 1.807) is 12.1 Å². The summed E-state index contributed by atoms with van der Waals surface area (Å²) in [5.41, 5.74) is 1.57. The fourth-order valence-corrected chi connectivity index (χ4v) is 5.31. The minimum absolute atomic E-state index is 0.0452. The van der Waals surface area contributed by atoms with Gasteiger partial charge in [0, 0.05) is 30.4 Å². The zero-order chi connectivity index (χ0) is 23.9. The van der Waals surface area contributed by atoms with Crippen molar-refractivity contribution in [2.75, 3.05) is 25.0 Å². The molecule has 0 spiro atoms. The van der Waals surface area contributed by atoms with E-state index in [-0.39, 0.29) is 23.6 Å². The fourth-order valence-electron chi connectivity index (χ4n) is 5.31. The van der Waals surface area contributed by atoms with Crippen molar-refractivity contribution in [1.82, 2.24) is 10.2 Å². The zero-order valence-corrected chi connectivity index (χ0v) is 19.4. The van der Waals surface area contributed by atoms with Crippen LogP contribution in [-0.4, -0.2) is 41.5 Å². The SMILES string of the molecule is O=C(Nc1cccc([N+](=O)[O-])c1)NC1CCCCC1CN1CCC(Cc2ccc(F)cc2)CC1. The molecule has 2 fully saturated rings. The van der Waals surface area contributed by atoms with Crippen molar-refractivity contribution < 1.29 is 14.1 Å². The molecule has 2 aliphatic rings. The molecule has 0 aromatic heterocycles. The molecule has 2 unspecified atom stereocenters. The van der Waals surface area contributed by atoms with Gasteiger partial charge in [-0.2, -0.15) is 0 Å². The molecule has 34 heavy (non-hydrogen) atoms. The molecule has 2 aromatic carbocycles. The number of urea groups is 1. The van der Waals surface area contributed by atoms with Gasteiger partial charge in [0.25, 0.3) is 5.69 Å². The number of hydrogen-bond acceptors (Lipinski definition) is 4. The number of carbonyl (C=O) groups is 1. The largest absolute Gasteiger partial charge is 0.335 e. The second kappa shape index (κ2) is 11.4. The summed E-state index contributed by atoms with van der Waals surface area (Å²) in [7, 11) is 0. The summed E-state index contributed by atoms with van der Waals surface area (Å²) >= 11 is 0. The first-order valence-electron chi connectivity index (χ1n) is 12.2. The number of nitrogens with zero attached hydrogens (tertiary/aromatic N) is 2. The molecule has 2 N–H and O–H groups in total. The van der Waals surface area contributed by atoms with Crippen LogP contribution >= 0.6 is 0 Å². The molecule has 8 heteroatoms. The van der Waals surface area contributed by atoms with Crippen LogP contribution in [0.2, 0.25) is 0 Å². The third-order valence-electron chi connectivity index (χ3n) is 7.18. The molecule has 7 nitrogen and oxygen atoms in total. The topological polar surface area (TPSA) is 87.5 Å². The Labute approximate surface area is 199 Å². The highest BCUT2D eigenvalue weighted by atomic mass is 19.1. The lowest BCUT2D eigenvalue weighted by Gasteiger charge is -2.39. The molecular weight excluding hydrogens is 435 g/mol. The molecule has 1 saturated carbocycles. The second-order valence-electron chi connectivity index (χ2n) is 9.63. The maximum Gasteiger partial charge on any atom is 0.319 e. The van der Waals surface area contributed by atoms with Crippen molar-refractivity contribution in [2.45, 2.75) is 51.0 Å². The summed E-state index contributed by atoms with van der Waals surface area (Å²) in [6, 6.07) is 12.6. The highest BCUT2D eigenvalue weighted by Gasteiger charge is 2.30. The molecule has 0 bridgehead atoms. The van der Waals surface area contributed by atoms with Crippen LogP contribution in [0.1, 0.15) is 44.1 Å². The Bertz CT molecular complexity index is 976. The molecule has 1 heterocycles. The van der Waals surface area contributed by atoms with E-state index in [0.717, 1.165) is 58.2 Å². The van der Waals surface area contributed by atoms with Gasteiger partial charge in [0.05, 0.1) is 4.92 Å². The standard InChI is InChI=1S/C26H33FN4O3/c27-22-10-8-19(9-11-22)16-20-12-14-30(15-13-20)18-21-4-1-2-7-25(21)29-26(32)28-23-5-3-6-24(17-23)31(33)34/h3,5-6,8-11,17,20-21,25H,1-2,4,7,12-16,18H2,(H2,28,29,32). The van der Waals surface area contributed by atoms with Gasteiger partial charge in [0.15, 0.2) is 0 Å². The van der Waals surface area contributed by atoms with Crippen LogP contribution in [0.15, 0.2) is 48.5 Å². The number of carbonyl (C=O) groups excluding carboxylic acids is 1. The number of nitro groups is 1.